The lowest BCUT2D eigenvalue weighted by Gasteiger charge is -2.05. The Bertz CT molecular complexity index is 549. The van der Waals surface area contributed by atoms with E-state index in [0.29, 0.717) is 5.82 Å². The number of nitro benzene ring substituents is 1. The fourth-order valence-corrected chi connectivity index (χ4v) is 1.45. The van der Waals surface area contributed by atoms with Gasteiger partial charge in [-0.15, -0.1) is 5.10 Å². The molecule has 1 aromatic heterocycles. The van der Waals surface area contributed by atoms with Crippen LogP contribution in [0.3, 0.4) is 0 Å². The van der Waals surface area contributed by atoms with E-state index in [1.165, 1.54) is 12.1 Å². The van der Waals surface area contributed by atoms with E-state index in [9.17, 15) is 10.1 Å². The monoisotopic (exact) mass is 219 g/mol. The van der Waals surface area contributed by atoms with Gasteiger partial charge in [-0.25, -0.2) is 0 Å². The summed E-state index contributed by atoms with van der Waals surface area (Å²) in [6.45, 7) is 3.55. The van der Waals surface area contributed by atoms with Gasteiger partial charge in [0.15, 0.2) is 5.82 Å². The Kier molecular flexibility index (Phi) is 2.35. The molecule has 2 aromatic rings. The first-order valence-electron chi connectivity index (χ1n) is 4.60. The topological polar surface area (TPSA) is 86.7 Å². The molecule has 0 radical (unpaired) electrons. The molecule has 0 saturated carbocycles. The van der Waals surface area contributed by atoms with Crippen LogP contribution in [0.25, 0.3) is 5.69 Å². The van der Waals surface area contributed by atoms with Gasteiger partial charge in [0.1, 0.15) is 0 Å². The van der Waals surface area contributed by atoms with Crippen LogP contribution >= 0.6 is 0 Å². The van der Waals surface area contributed by atoms with E-state index in [4.69, 9.17) is 0 Å². The molecule has 1 heterocycles. The van der Waals surface area contributed by atoms with Gasteiger partial charge in [0, 0.05) is 12.1 Å². The minimum Gasteiger partial charge on any atom is -0.258 e. The van der Waals surface area contributed by atoms with Gasteiger partial charge in [-0.05, 0) is 35.9 Å². The van der Waals surface area contributed by atoms with Crippen LogP contribution in [0.15, 0.2) is 18.2 Å². The maximum atomic E-state index is 10.6. The Morgan fingerprint density at radius 2 is 2.12 bits per heavy atom. The molecular formula is C9H9N5O2. The van der Waals surface area contributed by atoms with Crippen molar-refractivity contribution in [3.05, 3.63) is 39.7 Å². The molecule has 0 fully saturated rings. The summed E-state index contributed by atoms with van der Waals surface area (Å²) in [4.78, 5) is 10.1. The summed E-state index contributed by atoms with van der Waals surface area (Å²) in [7, 11) is 0. The Morgan fingerprint density at radius 3 is 2.62 bits per heavy atom. The third kappa shape index (κ3) is 1.62. The van der Waals surface area contributed by atoms with E-state index in [0.717, 1.165) is 11.3 Å². The van der Waals surface area contributed by atoms with E-state index in [1.807, 2.05) is 0 Å². The van der Waals surface area contributed by atoms with Crippen molar-refractivity contribution in [3.8, 4) is 5.69 Å². The third-order valence-electron chi connectivity index (χ3n) is 2.24. The Morgan fingerprint density at radius 1 is 1.38 bits per heavy atom. The Hall–Kier alpha value is -2.31. The van der Waals surface area contributed by atoms with Crippen molar-refractivity contribution >= 4 is 5.69 Å². The van der Waals surface area contributed by atoms with E-state index >= 15 is 0 Å². The number of aryl methyl sites for hydroxylation is 2. The van der Waals surface area contributed by atoms with Gasteiger partial charge in [0.2, 0.25) is 0 Å². The lowest BCUT2D eigenvalue weighted by Crippen LogP contribution is -2.02. The molecule has 0 bridgehead atoms. The first-order chi connectivity index (χ1) is 7.59. The molecule has 7 nitrogen and oxygen atoms in total. The van der Waals surface area contributed by atoms with Crippen LogP contribution in [-0.4, -0.2) is 25.1 Å². The van der Waals surface area contributed by atoms with Crippen molar-refractivity contribution < 1.29 is 4.92 Å². The zero-order chi connectivity index (χ0) is 11.7. The normalized spacial score (nSPS) is 10.4. The highest BCUT2D eigenvalue weighted by Crippen LogP contribution is 2.19. The molecule has 0 aliphatic carbocycles. The number of nitro groups is 1. The third-order valence-corrected chi connectivity index (χ3v) is 2.24. The SMILES string of the molecule is Cc1cc([N+](=O)[O-])ccc1-n1nnnc1C. The second-order valence-electron chi connectivity index (χ2n) is 3.37. The van der Waals surface area contributed by atoms with Crippen LogP contribution in [0, 0.1) is 24.0 Å². The number of hydrogen-bond donors (Lipinski definition) is 0. The van der Waals surface area contributed by atoms with Gasteiger partial charge in [0.05, 0.1) is 10.6 Å². The zero-order valence-electron chi connectivity index (χ0n) is 8.78. The summed E-state index contributed by atoms with van der Waals surface area (Å²) in [6, 6.07) is 4.57. The molecule has 0 saturated heterocycles. The van der Waals surface area contributed by atoms with E-state index in [-0.39, 0.29) is 5.69 Å². The van der Waals surface area contributed by atoms with Gasteiger partial charge in [-0.3, -0.25) is 10.1 Å². The zero-order valence-corrected chi connectivity index (χ0v) is 8.78. The number of rotatable bonds is 2. The maximum Gasteiger partial charge on any atom is 0.269 e. The van der Waals surface area contributed by atoms with Crippen LogP contribution < -0.4 is 0 Å². The second-order valence-corrected chi connectivity index (χ2v) is 3.37. The van der Waals surface area contributed by atoms with Crippen LogP contribution in [0.2, 0.25) is 0 Å². The van der Waals surface area contributed by atoms with Gasteiger partial charge in [-0.2, -0.15) is 4.68 Å². The molecule has 1 aromatic carbocycles. The number of non-ortho nitro benzene ring substituents is 1. The first kappa shape index (κ1) is 10.2. The van der Waals surface area contributed by atoms with Crippen molar-refractivity contribution in [2.24, 2.45) is 0 Å². The number of nitrogens with zero attached hydrogens (tertiary/aromatic N) is 5. The fourth-order valence-electron chi connectivity index (χ4n) is 1.45. The summed E-state index contributed by atoms with van der Waals surface area (Å²) in [5.41, 5.74) is 1.56. The number of benzene rings is 1. The molecule has 0 spiro atoms. The molecule has 0 unspecified atom stereocenters. The summed E-state index contributed by atoms with van der Waals surface area (Å²) >= 11 is 0. The number of tetrazole rings is 1. The van der Waals surface area contributed by atoms with Crippen molar-refractivity contribution in [3.63, 3.8) is 0 Å². The molecule has 0 amide bonds. The van der Waals surface area contributed by atoms with Gasteiger partial charge in [-0.1, -0.05) is 0 Å². The largest absolute Gasteiger partial charge is 0.269 e. The van der Waals surface area contributed by atoms with Crippen LogP contribution in [0.1, 0.15) is 11.4 Å². The molecule has 0 aliphatic rings. The first-order valence-corrected chi connectivity index (χ1v) is 4.60. The molecule has 7 heteroatoms. The van der Waals surface area contributed by atoms with E-state index in [1.54, 1.807) is 24.6 Å². The van der Waals surface area contributed by atoms with Gasteiger partial charge in [0.25, 0.3) is 5.69 Å². The van der Waals surface area contributed by atoms with Crippen LogP contribution in [-0.2, 0) is 0 Å². The van der Waals surface area contributed by atoms with Crippen molar-refractivity contribution in [2.45, 2.75) is 13.8 Å². The predicted octanol–water partition coefficient (Wildman–Crippen LogP) is 1.19. The Balaban J connectivity index is 2.52. The fraction of sp³-hybridized carbons (Fsp3) is 0.222. The van der Waals surface area contributed by atoms with Crippen LogP contribution in [0.4, 0.5) is 5.69 Å². The summed E-state index contributed by atoms with van der Waals surface area (Å²) < 4.78 is 1.54. The smallest absolute Gasteiger partial charge is 0.258 e. The molecular weight excluding hydrogens is 210 g/mol. The number of hydrogen-bond acceptors (Lipinski definition) is 5. The summed E-state index contributed by atoms with van der Waals surface area (Å²) in [6.07, 6.45) is 0. The molecule has 0 atom stereocenters. The molecule has 82 valence electrons. The highest BCUT2D eigenvalue weighted by Gasteiger charge is 2.11. The number of aromatic nitrogens is 4. The van der Waals surface area contributed by atoms with Crippen molar-refractivity contribution in [1.82, 2.24) is 20.2 Å². The minimum atomic E-state index is -0.427. The van der Waals surface area contributed by atoms with Gasteiger partial charge >= 0.3 is 0 Å². The van der Waals surface area contributed by atoms with Crippen LogP contribution in [0.5, 0.6) is 0 Å². The average Bonchev–Trinajstić information content (AvgIpc) is 2.64. The van der Waals surface area contributed by atoms with E-state index < -0.39 is 4.92 Å². The van der Waals surface area contributed by atoms with Crippen molar-refractivity contribution in [2.75, 3.05) is 0 Å². The maximum absolute atomic E-state index is 10.6. The molecule has 0 N–H and O–H groups in total. The predicted molar refractivity (Wildman–Crippen MR) is 55.3 cm³/mol. The average molecular weight is 219 g/mol. The highest BCUT2D eigenvalue weighted by atomic mass is 16.6. The standard InChI is InChI=1S/C9H9N5O2/c1-6-5-8(14(15)16)3-4-9(6)13-7(2)10-11-12-13/h3-5H,1-2H3. The second kappa shape index (κ2) is 3.69. The lowest BCUT2D eigenvalue weighted by molar-refractivity contribution is -0.384. The Labute approximate surface area is 90.9 Å². The van der Waals surface area contributed by atoms with Gasteiger partial charge < -0.3 is 0 Å². The minimum absolute atomic E-state index is 0.0620. The molecule has 2 rings (SSSR count). The molecule has 16 heavy (non-hydrogen) atoms. The van der Waals surface area contributed by atoms with Crippen molar-refractivity contribution in [1.29, 1.82) is 0 Å². The summed E-state index contributed by atoms with van der Waals surface area (Å²) in [5.74, 6) is 0.636. The van der Waals surface area contributed by atoms with E-state index in [2.05, 4.69) is 15.5 Å². The quantitative estimate of drug-likeness (QED) is 0.559. The summed E-state index contributed by atoms with van der Waals surface area (Å²) in [5, 5.41) is 21.7. The highest BCUT2D eigenvalue weighted by molar-refractivity contribution is 5.47. The lowest BCUT2D eigenvalue weighted by atomic mass is 10.2. The molecule has 0 aliphatic heterocycles.